The molecule has 0 saturated carbocycles. The van der Waals surface area contributed by atoms with Gasteiger partial charge in [-0.3, -0.25) is 4.40 Å². The number of nitrogens with zero attached hydrogens (tertiary/aromatic N) is 6. The molecule has 0 spiro atoms. The maximum Gasteiger partial charge on any atom is 0.358 e. The fraction of sp³-hybridized carbons (Fsp3) is 0.100. The first-order valence-corrected chi connectivity index (χ1v) is 5.14. The molecule has 0 unspecified atom stereocenters. The highest BCUT2D eigenvalue weighted by atomic mass is 16.4. The van der Waals surface area contributed by atoms with Crippen LogP contribution in [0.5, 0.6) is 0 Å². The van der Waals surface area contributed by atoms with Gasteiger partial charge in [0.2, 0.25) is 5.78 Å². The van der Waals surface area contributed by atoms with Gasteiger partial charge >= 0.3 is 5.97 Å². The molecule has 0 atom stereocenters. The third-order valence-electron chi connectivity index (χ3n) is 2.37. The second-order valence-corrected chi connectivity index (χ2v) is 3.67. The van der Waals surface area contributed by atoms with Gasteiger partial charge in [-0.05, 0) is 6.07 Å². The molecule has 18 heavy (non-hydrogen) atoms. The van der Waals surface area contributed by atoms with Gasteiger partial charge in [-0.2, -0.15) is 0 Å². The van der Waals surface area contributed by atoms with E-state index < -0.39 is 5.97 Å². The summed E-state index contributed by atoms with van der Waals surface area (Å²) in [6, 6.07) is 1.80. The summed E-state index contributed by atoms with van der Waals surface area (Å²) in [4.78, 5) is 19.0. The van der Waals surface area contributed by atoms with E-state index in [-0.39, 0.29) is 5.69 Å². The van der Waals surface area contributed by atoms with Crippen molar-refractivity contribution in [3.63, 3.8) is 0 Å². The summed E-state index contributed by atoms with van der Waals surface area (Å²) in [6.07, 6.45) is 6.66. The minimum absolute atomic E-state index is 0.0862. The van der Waals surface area contributed by atoms with E-state index in [1.165, 1.54) is 10.9 Å². The van der Waals surface area contributed by atoms with Crippen molar-refractivity contribution >= 4 is 11.7 Å². The molecular formula is C10H8N6O2. The summed E-state index contributed by atoms with van der Waals surface area (Å²) >= 11 is 0. The van der Waals surface area contributed by atoms with Gasteiger partial charge in [-0.25, -0.2) is 19.4 Å². The minimum Gasteiger partial charge on any atom is -0.476 e. The van der Waals surface area contributed by atoms with Crippen molar-refractivity contribution in [2.75, 3.05) is 0 Å². The van der Waals surface area contributed by atoms with Gasteiger partial charge in [0.05, 0.1) is 18.4 Å². The van der Waals surface area contributed by atoms with Crippen LogP contribution in [0.2, 0.25) is 0 Å². The molecule has 1 N–H and O–H groups in total. The number of rotatable bonds is 3. The summed E-state index contributed by atoms with van der Waals surface area (Å²) in [7, 11) is 0. The van der Waals surface area contributed by atoms with Gasteiger partial charge in [-0.1, -0.05) is 5.21 Å². The number of imidazole rings is 1. The van der Waals surface area contributed by atoms with Crippen LogP contribution >= 0.6 is 0 Å². The second kappa shape index (κ2) is 3.91. The minimum atomic E-state index is -1.10. The summed E-state index contributed by atoms with van der Waals surface area (Å²) < 4.78 is 3.20. The highest BCUT2D eigenvalue weighted by Gasteiger charge is 2.09. The van der Waals surface area contributed by atoms with E-state index in [1.54, 1.807) is 16.7 Å². The summed E-state index contributed by atoms with van der Waals surface area (Å²) in [5.74, 6) is -0.510. The Bertz CT molecular complexity index is 683. The van der Waals surface area contributed by atoms with Gasteiger partial charge in [0.15, 0.2) is 5.69 Å². The van der Waals surface area contributed by atoms with E-state index in [2.05, 4.69) is 20.3 Å². The average molecular weight is 244 g/mol. The molecule has 3 aromatic heterocycles. The van der Waals surface area contributed by atoms with Crippen LogP contribution in [0, 0.1) is 0 Å². The van der Waals surface area contributed by atoms with Crippen molar-refractivity contribution in [3.8, 4) is 0 Å². The van der Waals surface area contributed by atoms with Gasteiger partial charge in [0.25, 0.3) is 0 Å². The van der Waals surface area contributed by atoms with E-state index in [4.69, 9.17) is 5.11 Å². The quantitative estimate of drug-likeness (QED) is 0.699. The Balaban J connectivity index is 1.88. The molecule has 3 rings (SSSR count). The Labute approximate surface area is 101 Å². The Hall–Kier alpha value is -2.77. The van der Waals surface area contributed by atoms with Crippen LogP contribution in [0.1, 0.15) is 16.2 Å². The molecule has 0 aliphatic carbocycles. The van der Waals surface area contributed by atoms with Crippen LogP contribution < -0.4 is 0 Å². The van der Waals surface area contributed by atoms with Crippen molar-refractivity contribution in [2.24, 2.45) is 0 Å². The van der Waals surface area contributed by atoms with Crippen LogP contribution in [0.25, 0.3) is 5.78 Å². The number of aromatic carboxylic acids is 1. The third kappa shape index (κ3) is 1.79. The summed E-state index contributed by atoms with van der Waals surface area (Å²) in [5.41, 5.74) is 0.646. The lowest BCUT2D eigenvalue weighted by molar-refractivity contribution is 0.0690. The number of fused-ring (bicyclic) bond motifs is 1. The molecule has 0 aliphatic rings. The molecule has 0 bridgehead atoms. The summed E-state index contributed by atoms with van der Waals surface area (Å²) in [6.45, 7) is 0.351. The zero-order valence-corrected chi connectivity index (χ0v) is 9.13. The van der Waals surface area contributed by atoms with Crippen molar-refractivity contribution < 1.29 is 9.90 Å². The molecule has 8 heteroatoms. The number of carboxylic acid groups (broad SMARTS) is 1. The van der Waals surface area contributed by atoms with Gasteiger partial charge in [0.1, 0.15) is 0 Å². The number of carboxylic acids is 1. The zero-order chi connectivity index (χ0) is 12.5. The Morgan fingerprint density at radius 2 is 2.28 bits per heavy atom. The Morgan fingerprint density at radius 3 is 3.00 bits per heavy atom. The first kappa shape index (κ1) is 10.4. The summed E-state index contributed by atoms with van der Waals surface area (Å²) in [5, 5.41) is 16.0. The maximum absolute atomic E-state index is 10.7. The lowest BCUT2D eigenvalue weighted by atomic mass is 10.4. The molecule has 3 aromatic rings. The number of hydrogen-bond acceptors (Lipinski definition) is 5. The molecule has 0 saturated heterocycles. The molecular weight excluding hydrogens is 236 g/mol. The second-order valence-electron chi connectivity index (χ2n) is 3.67. The molecule has 0 radical (unpaired) electrons. The zero-order valence-electron chi connectivity index (χ0n) is 9.13. The van der Waals surface area contributed by atoms with Crippen LogP contribution in [0.4, 0.5) is 0 Å². The first-order valence-electron chi connectivity index (χ1n) is 5.14. The van der Waals surface area contributed by atoms with E-state index in [9.17, 15) is 4.79 Å². The van der Waals surface area contributed by atoms with E-state index >= 15 is 0 Å². The third-order valence-corrected chi connectivity index (χ3v) is 2.37. The molecule has 90 valence electrons. The van der Waals surface area contributed by atoms with Crippen LogP contribution in [0.15, 0.2) is 30.9 Å². The van der Waals surface area contributed by atoms with Crippen LogP contribution in [-0.4, -0.2) is 40.4 Å². The van der Waals surface area contributed by atoms with E-state index in [0.717, 1.165) is 5.69 Å². The topological polar surface area (TPSA) is 98.2 Å². The fourth-order valence-corrected chi connectivity index (χ4v) is 1.60. The standard InChI is InChI=1S/C10H8N6O2/c17-9(18)8-6-16(14-13-8)5-7-4-15-3-1-2-11-10(15)12-7/h1-4,6H,5H2,(H,17,18). The normalized spacial score (nSPS) is 10.9. The predicted octanol–water partition coefficient (Wildman–Crippen LogP) is 0.0673. The van der Waals surface area contributed by atoms with Crippen molar-refractivity contribution in [2.45, 2.75) is 6.54 Å². The van der Waals surface area contributed by atoms with Crippen molar-refractivity contribution in [1.82, 2.24) is 29.4 Å². The first-order chi connectivity index (χ1) is 8.72. The molecule has 0 aliphatic heterocycles. The van der Waals surface area contributed by atoms with Crippen molar-refractivity contribution in [1.29, 1.82) is 0 Å². The molecule has 8 nitrogen and oxygen atoms in total. The largest absolute Gasteiger partial charge is 0.476 e. The van der Waals surface area contributed by atoms with Crippen molar-refractivity contribution in [3.05, 3.63) is 42.2 Å². The molecule has 0 aromatic carbocycles. The molecule has 3 heterocycles. The Morgan fingerprint density at radius 1 is 1.39 bits per heavy atom. The number of carbonyl (C=O) groups is 1. The fourth-order valence-electron chi connectivity index (χ4n) is 1.60. The van der Waals surface area contributed by atoms with Gasteiger partial charge < -0.3 is 5.11 Å². The van der Waals surface area contributed by atoms with E-state index in [0.29, 0.717) is 12.3 Å². The molecule has 0 amide bonds. The lowest BCUT2D eigenvalue weighted by Crippen LogP contribution is -2.00. The number of aromatic nitrogens is 6. The number of hydrogen-bond donors (Lipinski definition) is 1. The highest BCUT2D eigenvalue weighted by molar-refractivity contribution is 5.84. The monoisotopic (exact) mass is 244 g/mol. The van der Waals surface area contributed by atoms with Gasteiger partial charge in [0, 0.05) is 18.6 Å². The predicted molar refractivity (Wildman–Crippen MR) is 59.1 cm³/mol. The highest BCUT2D eigenvalue weighted by Crippen LogP contribution is 2.04. The van der Waals surface area contributed by atoms with Crippen LogP contribution in [0.3, 0.4) is 0 Å². The van der Waals surface area contributed by atoms with Crippen LogP contribution in [-0.2, 0) is 6.54 Å². The van der Waals surface area contributed by atoms with E-state index in [1.807, 2.05) is 12.4 Å². The lowest BCUT2D eigenvalue weighted by Gasteiger charge is -1.93. The Kier molecular flexibility index (Phi) is 2.26. The SMILES string of the molecule is O=C(O)c1cn(Cc2cn3cccnc3n2)nn1. The average Bonchev–Trinajstić information content (AvgIpc) is 2.94. The molecule has 0 fully saturated rings. The van der Waals surface area contributed by atoms with Gasteiger partial charge in [-0.15, -0.1) is 5.10 Å². The smallest absolute Gasteiger partial charge is 0.358 e. The maximum atomic E-state index is 10.7.